The largest absolute Gasteiger partial charge is 0.480 e. The highest BCUT2D eigenvalue weighted by molar-refractivity contribution is 5.89. The maximum absolute atomic E-state index is 12.9. The summed E-state index contributed by atoms with van der Waals surface area (Å²) in [5.74, 6) is -1.96. The van der Waals surface area contributed by atoms with Crippen molar-refractivity contribution in [2.24, 2.45) is 0 Å². The number of hydrogen-bond acceptors (Lipinski definition) is 5. The summed E-state index contributed by atoms with van der Waals surface area (Å²) in [6.45, 7) is 3.62. The molecule has 3 aromatic carbocycles. The van der Waals surface area contributed by atoms with Gasteiger partial charge in [-0.05, 0) is 41.2 Å². The number of ether oxygens (including phenoxy) is 2. The summed E-state index contributed by atoms with van der Waals surface area (Å²) in [5.41, 5.74) is 5.29. The molecule has 0 spiro atoms. The molecular formula is C30H32N2O6. The molecule has 198 valence electrons. The Balaban J connectivity index is 1.33. The maximum Gasteiger partial charge on any atom is 0.407 e. The van der Waals surface area contributed by atoms with Crippen molar-refractivity contribution in [1.82, 2.24) is 10.6 Å². The third-order valence-corrected chi connectivity index (χ3v) is 6.75. The van der Waals surface area contributed by atoms with Crippen LogP contribution in [0.2, 0.25) is 0 Å². The quantitative estimate of drug-likeness (QED) is 0.346. The van der Waals surface area contributed by atoms with Crippen molar-refractivity contribution >= 4 is 18.0 Å². The fraction of sp³-hybridized carbons (Fsp3) is 0.300. The summed E-state index contributed by atoms with van der Waals surface area (Å²) in [4.78, 5) is 37.4. The Morgan fingerprint density at radius 1 is 0.868 bits per heavy atom. The van der Waals surface area contributed by atoms with E-state index in [1.54, 1.807) is 13.8 Å². The van der Waals surface area contributed by atoms with E-state index < -0.39 is 36.2 Å². The van der Waals surface area contributed by atoms with Gasteiger partial charge in [0, 0.05) is 5.92 Å². The number of aliphatic carboxylic acids is 1. The van der Waals surface area contributed by atoms with Crippen molar-refractivity contribution in [2.45, 2.75) is 51.0 Å². The van der Waals surface area contributed by atoms with Crippen LogP contribution >= 0.6 is 0 Å². The molecule has 0 saturated heterocycles. The highest BCUT2D eigenvalue weighted by atomic mass is 16.5. The molecule has 2 amide bonds. The lowest BCUT2D eigenvalue weighted by molar-refractivity contribution is -0.146. The number of hydrogen-bond donors (Lipinski definition) is 3. The predicted octanol–water partition coefficient (Wildman–Crippen LogP) is 4.48. The van der Waals surface area contributed by atoms with Gasteiger partial charge in [0.25, 0.3) is 0 Å². The topological polar surface area (TPSA) is 114 Å². The fourth-order valence-electron chi connectivity index (χ4n) is 4.67. The second-order valence-electron chi connectivity index (χ2n) is 9.26. The minimum atomic E-state index is -1.29. The average Bonchev–Trinajstić information content (AvgIpc) is 3.26. The number of fused-ring (bicyclic) bond motifs is 3. The summed E-state index contributed by atoms with van der Waals surface area (Å²) in [6, 6.07) is 23.1. The van der Waals surface area contributed by atoms with Crippen LogP contribution in [0.5, 0.6) is 0 Å². The van der Waals surface area contributed by atoms with Crippen molar-refractivity contribution in [1.29, 1.82) is 0 Å². The minimum Gasteiger partial charge on any atom is -0.480 e. The van der Waals surface area contributed by atoms with Crippen LogP contribution in [0.4, 0.5) is 4.79 Å². The standard InChI is InChI=1S/C30H32N2O6/c1-3-26(28(33)32-27(29(34)35)19(2)37-17-20-11-5-4-6-12-20)31-30(36)38-18-25-23-15-9-7-13-21(23)22-14-8-10-16-24(22)25/h4-16,19,25-27H,3,17-18H2,1-2H3,(H,31,36)(H,32,33)(H,34,35)/t19?,26-,27?/m1/s1. The first-order valence-electron chi connectivity index (χ1n) is 12.7. The molecule has 3 atom stereocenters. The monoisotopic (exact) mass is 516 g/mol. The molecule has 8 heteroatoms. The number of carbonyl (C=O) groups excluding carboxylic acids is 2. The first-order valence-corrected chi connectivity index (χ1v) is 12.7. The molecule has 0 aromatic heterocycles. The lowest BCUT2D eigenvalue weighted by Crippen LogP contribution is -2.55. The van der Waals surface area contributed by atoms with E-state index in [1.807, 2.05) is 66.7 Å². The normalized spacial score (nSPS) is 14.5. The van der Waals surface area contributed by atoms with Crippen molar-refractivity contribution in [2.75, 3.05) is 6.61 Å². The SMILES string of the molecule is CC[C@@H](NC(=O)OCC1c2ccccc2-c2ccccc21)C(=O)NC(C(=O)O)C(C)OCc1ccccc1. The first kappa shape index (κ1) is 26.9. The lowest BCUT2D eigenvalue weighted by Gasteiger charge is -2.25. The van der Waals surface area contributed by atoms with Crippen LogP contribution in [-0.2, 0) is 25.7 Å². The van der Waals surface area contributed by atoms with Gasteiger partial charge in [-0.2, -0.15) is 0 Å². The van der Waals surface area contributed by atoms with E-state index in [-0.39, 0.29) is 25.6 Å². The van der Waals surface area contributed by atoms with Crippen LogP contribution in [0.25, 0.3) is 11.1 Å². The zero-order valence-electron chi connectivity index (χ0n) is 21.4. The van der Waals surface area contributed by atoms with Crippen LogP contribution in [0, 0.1) is 0 Å². The molecule has 3 aromatic rings. The molecule has 1 aliphatic rings. The summed E-state index contributed by atoms with van der Waals surface area (Å²) >= 11 is 0. The van der Waals surface area contributed by atoms with Crippen molar-refractivity contribution < 1.29 is 29.0 Å². The Kier molecular flexibility index (Phi) is 8.76. The van der Waals surface area contributed by atoms with Gasteiger partial charge < -0.3 is 25.2 Å². The predicted molar refractivity (Wildman–Crippen MR) is 143 cm³/mol. The number of amides is 2. The number of rotatable bonds is 11. The third-order valence-electron chi connectivity index (χ3n) is 6.75. The van der Waals surface area contributed by atoms with Gasteiger partial charge in [0.2, 0.25) is 5.91 Å². The van der Waals surface area contributed by atoms with E-state index in [2.05, 4.69) is 22.8 Å². The van der Waals surface area contributed by atoms with Gasteiger partial charge >= 0.3 is 12.1 Å². The molecular weight excluding hydrogens is 484 g/mol. The molecule has 8 nitrogen and oxygen atoms in total. The minimum absolute atomic E-state index is 0.110. The Morgan fingerprint density at radius 2 is 1.45 bits per heavy atom. The summed E-state index contributed by atoms with van der Waals surface area (Å²) < 4.78 is 11.2. The van der Waals surface area contributed by atoms with Crippen LogP contribution in [0.15, 0.2) is 78.9 Å². The highest BCUT2D eigenvalue weighted by Gasteiger charge is 2.32. The highest BCUT2D eigenvalue weighted by Crippen LogP contribution is 2.44. The zero-order chi connectivity index (χ0) is 27.1. The zero-order valence-corrected chi connectivity index (χ0v) is 21.4. The molecule has 0 bridgehead atoms. The Bertz CT molecular complexity index is 1230. The van der Waals surface area contributed by atoms with E-state index in [4.69, 9.17) is 9.47 Å². The maximum atomic E-state index is 12.9. The number of carboxylic acids is 1. The van der Waals surface area contributed by atoms with Gasteiger partial charge in [0.1, 0.15) is 12.6 Å². The van der Waals surface area contributed by atoms with Crippen LogP contribution in [-0.4, -0.2) is 47.9 Å². The molecule has 0 radical (unpaired) electrons. The second kappa shape index (κ2) is 12.4. The van der Waals surface area contributed by atoms with Crippen molar-refractivity contribution in [3.8, 4) is 11.1 Å². The van der Waals surface area contributed by atoms with E-state index in [1.165, 1.54) is 0 Å². The number of carboxylic acid groups (broad SMARTS) is 1. The van der Waals surface area contributed by atoms with Gasteiger partial charge in [-0.15, -0.1) is 0 Å². The molecule has 1 aliphatic carbocycles. The third kappa shape index (κ3) is 6.20. The summed E-state index contributed by atoms with van der Waals surface area (Å²) in [7, 11) is 0. The molecule has 38 heavy (non-hydrogen) atoms. The summed E-state index contributed by atoms with van der Waals surface area (Å²) in [5, 5.41) is 14.8. The van der Waals surface area contributed by atoms with Gasteiger partial charge in [0.05, 0.1) is 12.7 Å². The molecule has 4 rings (SSSR count). The second-order valence-corrected chi connectivity index (χ2v) is 9.26. The lowest BCUT2D eigenvalue weighted by atomic mass is 9.98. The smallest absolute Gasteiger partial charge is 0.407 e. The number of carbonyl (C=O) groups is 3. The molecule has 0 heterocycles. The Labute approximate surface area is 222 Å². The molecule has 0 aliphatic heterocycles. The Hall–Kier alpha value is -4.17. The number of benzene rings is 3. The van der Waals surface area contributed by atoms with Gasteiger partial charge in [-0.3, -0.25) is 4.79 Å². The van der Waals surface area contributed by atoms with Crippen LogP contribution in [0.3, 0.4) is 0 Å². The van der Waals surface area contributed by atoms with E-state index in [0.717, 1.165) is 27.8 Å². The van der Waals surface area contributed by atoms with E-state index in [0.29, 0.717) is 0 Å². The fourth-order valence-corrected chi connectivity index (χ4v) is 4.67. The van der Waals surface area contributed by atoms with Gasteiger partial charge in [-0.25, -0.2) is 9.59 Å². The summed E-state index contributed by atoms with van der Waals surface area (Å²) in [6.07, 6.45) is -1.29. The van der Waals surface area contributed by atoms with E-state index >= 15 is 0 Å². The molecule has 0 saturated carbocycles. The van der Waals surface area contributed by atoms with Gasteiger partial charge in [-0.1, -0.05) is 85.8 Å². The van der Waals surface area contributed by atoms with Crippen LogP contribution < -0.4 is 10.6 Å². The van der Waals surface area contributed by atoms with Gasteiger partial charge in [0.15, 0.2) is 6.04 Å². The molecule has 3 N–H and O–H groups in total. The number of nitrogens with one attached hydrogen (secondary N) is 2. The van der Waals surface area contributed by atoms with Crippen molar-refractivity contribution in [3.05, 3.63) is 95.6 Å². The molecule has 0 fully saturated rings. The number of alkyl carbamates (subject to hydrolysis) is 1. The van der Waals surface area contributed by atoms with Crippen molar-refractivity contribution in [3.63, 3.8) is 0 Å². The average molecular weight is 517 g/mol. The Morgan fingerprint density at radius 3 is 2.03 bits per heavy atom. The first-order chi connectivity index (χ1) is 18.4. The van der Waals surface area contributed by atoms with E-state index in [9.17, 15) is 19.5 Å². The molecule has 2 unspecified atom stereocenters. The van der Waals surface area contributed by atoms with Crippen LogP contribution in [0.1, 0.15) is 42.9 Å².